The van der Waals surface area contributed by atoms with Crippen LogP contribution in [0.2, 0.25) is 0 Å². The number of sulfonamides is 1. The summed E-state index contributed by atoms with van der Waals surface area (Å²) in [6.07, 6.45) is 0.631. The highest BCUT2D eigenvalue weighted by Crippen LogP contribution is 2.18. The zero-order valence-electron chi connectivity index (χ0n) is 15.1. The number of benzene rings is 2. The Bertz CT molecular complexity index is 827. The standard InChI is InChI=1S/C19H23FN2O4S/c1-26-13-5-12-21-19(23)15-22(14-16-8-10-17(20)11-9-16)27(24,25)18-6-3-2-4-7-18/h2-4,6-11H,5,12-15H2,1H3,(H,21,23). The zero-order chi connectivity index (χ0) is 19.7. The summed E-state index contributed by atoms with van der Waals surface area (Å²) in [6.45, 7) is 0.523. The van der Waals surface area contributed by atoms with E-state index in [1.54, 1.807) is 25.3 Å². The Balaban J connectivity index is 2.17. The Morgan fingerprint density at radius 3 is 2.41 bits per heavy atom. The van der Waals surface area contributed by atoms with Crippen LogP contribution >= 0.6 is 0 Å². The van der Waals surface area contributed by atoms with Gasteiger partial charge in [-0.2, -0.15) is 4.31 Å². The van der Waals surface area contributed by atoms with Crippen LogP contribution in [0.1, 0.15) is 12.0 Å². The van der Waals surface area contributed by atoms with Crippen molar-refractivity contribution in [2.75, 3.05) is 26.8 Å². The lowest BCUT2D eigenvalue weighted by Crippen LogP contribution is -2.40. The van der Waals surface area contributed by atoms with Gasteiger partial charge in [-0.1, -0.05) is 30.3 Å². The third-order valence-electron chi connectivity index (χ3n) is 3.82. The van der Waals surface area contributed by atoms with E-state index in [-0.39, 0.29) is 18.0 Å². The SMILES string of the molecule is COCCCNC(=O)CN(Cc1ccc(F)cc1)S(=O)(=O)c1ccccc1. The fraction of sp³-hybridized carbons (Fsp3) is 0.316. The highest BCUT2D eigenvalue weighted by atomic mass is 32.2. The third-order valence-corrected chi connectivity index (χ3v) is 5.63. The highest BCUT2D eigenvalue weighted by Gasteiger charge is 2.26. The normalized spacial score (nSPS) is 11.5. The van der Waals surface area contributed by atoms with Gasteiger partial charge < -0.3 is 10.1 Å². The first-order chi connectivity index (χ1) is 12.9. The van der Waals surface area contributed by atoms with Crippen molar-refractivity contribution in [1.29, 1.82) is 0 Å². The molecule has 0 saturated carbocycles. The first-order valence-corrected chi connectivity index (χ1v) is 9.93. The first-order valence-electron chi connectivity index (χ1n) is 8.49. The average Bonchev–Trinajstić information content (AvgIpc) is 2.67. The van der Waals surface area contributed by atoms with Crippen LogP contribution in [-0.2, 0) is 26.1 Å². The molecule has 1 N–H and O–H groups in total. The molecule has 0 bridgehead atoms. The van der Waals surface area contributed by atoms with Crippen LogP contribution in [0, 0.1) is 5.82 Å². The van der Waals surface area contributed by atoms with Crippen LogP contribution in [-0.4, -0.2) is 45.4 Å². The summed E-state index contributed by atoms with van der Waals surface area (Å²) in [6, 6.07) is 13.4. The van der Waals surface area contributed by atoms with Gasteiger partial charge >= 0.3 is 0 Å². The van der Waals surface area contributed by atoms with E-state index in [4.69, 9.17) is 4.74 Å². The Morgan fingerprint density at radius 1 is 1.11 bits per heavy atom. The molecule has 27 heavy (non-hydrogen) atoms. The van der Waals surface area contributed by atoms with Gasteiger partial charge in [-0.15, -0.1) is 0 Å². The second-order valence-corrected chi connectivity index (χ2v) is 7.85. The molecule has 0 heterocycles. The van der Waals surface area contributed by atoms with Gasteiger partial charge in [-0.05, 0) is 36.2 Å². The van der Waals surface area contributed by atoms with E-state index < -0.39 is 21.7 Å². The number of nitrogens with zero attached hydrogens (tertiary/aromatic N) is 1. The molecule has 1 amide bonds. The van der Waals surface area contributed by atoms with Gasteiger partial charge in [-0.25, -0.2) is 12.8 Å². The van der Waals surface area contributed by atoms with Crippen molar-refractivity contribution in [3.05, 3.63) is 66.0 Å². The molecule has 0 saturated heterocycles. The number of ether oxygens (including phenoxy) is 1. The molecular weight excluding hydrogens is 371 g/mol. The molecular formula is C19H23FN2O4S. The molecule has 0 aromatic heterocycles. The van der Waals surface area contributed by atoms with Crippen molar-refractivity contribution in [1.82, 2.24) is 9.62 Å². The zero-order valence-corrected chi connectivity index (χ0v) is 15.9. The van der Waals surface area contributed by atoms with E-state index in [9.17, 15) is 17.6 Å². The van der Waals surface area contributed by atoms with Crippen LogP contribution in [0.4, 0.5) is 4.39 Å². The van der Waals surface area contributed by atoms with E-state index in [0.29, 0.717) is 25.1 Å². The molecule has 2 aromatic carbocycles. The van der Waals surface area contributed by atoms with E-state index >= 15 is 0 Å². The largest absolute Gasteiger partial charge is 0.385 e. The topological polar surface area (TPSA) is 75.7 Å². The number of hydrogen-bond donors (Lipinski definition) is 1. The quantitative estimate of drug-likeness (QED) is 0.627. The summed E-state index contributed by atoms with van der Waals surface area (Å²) in [4.78, 5) is 12.3. The number of carbonyl (C=O) groups is 1. The van der Waals surface area contributed by atoms with Crippen LogP contribution in [0.15, 0.2) is 59.5 Å². The van der Waals surface area contributed by atoms with Crippen molar-refractivity contribution >= 4 is 15.9 Å². The predicted molar refractivity (Wildman–Crippen MR) is 99.9 cm³/mol. The van der Waals surface area contributed by atoms with Gasteiger partial charge in [0.05, 0.1) is 11.4 Å². The predicted octanol–water partition coefficient (Wildman–Crippen LogP) is 2.17. The molecule has 2 rings (SSSR count). The maximum atomic E-state index is 13.1. The first kappa shape index (κ1) is 21.0. The van der Waals surface area contributed by atoms with Gasteiger partial charge in [0.15, 0.2) is 0 Å². The van der Waals surface area contributed by atoms with Crippen LogP contribution in [0.3, 0.4) is 0 Å². The molecule has 0 radical (unpaired) electrons. The van der Waals surface area contributed by atoms with Crippen LogP contribution in [0.25, 0.3) is 0 Å². The second kappa shape index (κ2) is 10.1. The molecule has 0 spiro atoms. The molecule has 0 aliphatic heterocycles. The Labute approximate surface area is 159 Å². The summed E-state index contributed by atoms with van der Waals surface area (Å²) in [5, 5.41) is 2.68. The van der Waals surface area contributed by atoms with Crippen LogP contribution in [0.5, 0.6) is 0 Å². The lowest BCUT2D eigenvalue weighted by Gasteiger charge is -2.22. The smallest absolute Gasteiger partial charge is 0.243 e. The number of methoxy groups -OCH3 is 1. The fourth-order valence-electron chi connectivity index (χ4n) is 2.42. The minimum absolute atomic E-state index is 0.0387. The summed E-state index contributed by atoms with van der Waals surface area (Å²) in [5.41, 5.74) is 0.586. The van der Waals surface area contributed by atoms with E-state index in [1.807, 2.05) is 0 Å². The number of amides is 1. The second-order valence-electron chi connectivity index (χ2n) is 5.91. The van der Waals surface area contributed by atoms with Gasteiger partial charge in [0.1, 0.15) is 5.82 Å². The number of halogens is 1. The van der Waals surface area contributed by atoms with Gasteiger partial charge in [-0.3, -0.25) is 4.79 Å². The average molecular weight is 394 g/mol. The Kier molecular flexibility index (Phi) is 7.90. The van der Waals surface area contributed by atoms with Crippen molar-refractivity contribution in [2.45, 2.75) is 17.9 Å². The van der Waals surface area contributed by atoms with Gasteiger partial charge in [0, 0.05) is 26.8 Å². The molecule has 146 valence electrons. The van der Waals surface area contributed by atoms with E-state index in [1.165, 1.54) is 36.4 Å². The van der Waals surface area contributed by atoms with Crippen molar-refractivity contribution in [2.24, 2.45) is 0 Å². The minimum Gasteiger partial charge on any atom is -0.385 e. The maximum Gasteiger partial charge on any atom is 0.243 e. The van der Waals surface area contributed by atoms with E-state index in [2.05, 4.69) is 5.32 Å². The third kappa shape index (κ3) is 6.42. The lowest BCUT2D eigenvalue weighted by atomic mass is 10.2. The number of carbonyl (C=O) groups excluding carboxylic acids is 1. The van der Waals surface area contributed by atoms with Crippen molar-refractivity contribution in [3.8, 4) is 0 Å². The van der Waals surface area contributed by atoms with Crippen LogP contribution < -0.4 is 5.32 Å². The summed E-state index contributed by atoms with van der Waals surface area (Å²) < 4.78 is 45.1. The molecule has 0 aliphatic carbocycles. The molecule has 0 aliphatic rings. The Hall–Kier alpha value is -2.29. The number of rotatable bonds is 10. The van der Waals surface area contributed by atoms with Crippen molar-refractivity contribution in [3.63, 3.8) is 0 Å². The maximum absolute atomic E-state index is 13.1. The summed E-state index contributed by atoms with van der Waals surface area (Å²) in [7, 11) is -2.32. The molecule has 2 aromatic rings. The van der Waals surface area contributed by atoms with Gasteiger partial charge in [0.2, 0.25) is 15.9 Å². The molecule has 6 nitrogen and oxygen atoms in total. The minimum atomic E-state index is -3.89. The fourth-order valence-corrected chi connectivity index (χ4v) is 3.83. The van der Waals surface area contributed by atoms with Gasteiger partial charge in [0.25, 0.3) is 0 Å². The monoisotopic (exact) mass is 394 g/mol. The molecule has 0 unspecified atom stereocenters. The molecule has 0 fully saturated rings. The summed E-state index contributed by atoms with van der Waals surface area (Å²) >= 11 is 0. The highest BCUT2D eigenvalue weighted by molar-refractivity contribution is 7.89. The number of nitrogens with one attached hydrogen (secondary N) is 1. The Morgan fingerprint density at radius 2 is 1.78 bits per heavy atom. The molecule has 0 atom stereocenters. The lowest BCUT2D eigenvalue weighted by molar-refractivity contribution is -0.121. The van der Waals surface area contributed by atoms with Crippen molar-refractivity contribution < 1.29 is 22.3 Å². The molecule has 8 heteroatoms. The number of hydrogen-bond acceptors (Lipinski definition) is 4. The van der Waals surface area contributed by atoms with E-state index in [0.717, 1.165) is 4.31 Å². The summed E-state index contributed by atoms with van der Waals surface area (Å²) in [5.74, 6) is -0.820.